The molecule has 0 aromatic heterocycles. The van der Waals surface area contributed by atoms with Crippen molar-refractivity contribution in [2.24, 2.45) is 0 Å². The maximum Gasteiger partial charge on any atom is 0.159 e. The molecule has 0 aliphatic heterocycles. The van der Waals surface area contributed by atoms with Crippen molar-refractivity contribution in [3.63, 3.8) is 0 Å². The van der Waals surface area contributed by atoms with Crippen molar-refractivity contribution in [3.05, 3.63) is 35.4 Å². The van der Waals surface area contributed by atoms with E-state index in [2.05, 4.69) is 0 Å². The number of hydrogen-bond acceptors (Lipinski definition) is 1. The summed E-state index contributed by atoms with van der Waals surface area (Å²) in [5.74, 6) is -1.55. The predicted octanol–water partition coefficient (Wildman–Crippen LogP) is 3.84. The Balaban J connectivity index is 2.16. The zero-order chi connectivity index (χ0) is 12.7. The third kappa shape index (κ3) is 5.78. The average molecular weight is 242 g/mol. The summed E-state index contributed by atoms with van der Waals surface area (Å²) in [5.41, 5.74) is 0.847. The average Bonchev–Trinajstić information content (AvgIpc) is 2.27. The summed E-state index contributed by atoms with van der Waals surface area (Å²) in [6.45, 7) is 1.79. The molecule has 1 N–H and O–H groups in total. The van der Waals surface area contributed by atoms with Crippen molar-refractivity contribution in [2.45, 2.75) is 51.6 Å². The van der Waals surface area contributed by atoms with Gasteiger partial charge in [0.1, 0.15) is 0 Å². The predicted molar refractivity (Wildman–Crippen MR) is 64.8 cm³/mol. The summed E-state index contributed by atoms with van der Waals surface area (Å²) < 4.78 is 25.6. The van der Waals surface area contributed by atoms with Gasteiger partial charge in [0.2, 0.25) is 0 Å². The first-order chi connectivity index (χ1) is 8.09. The summed E-state index contributed by atoms with van der Waals surface area (Å²) in [6.07, 6.45) is 5.54. The Morgan fingerprint density at radius 3 is 2.41 bits per heavy atom. The molecule has 1 atom stereocenters. The highest BCUT2D eigenvalue weighted by atomic mass is 19.2. The van der Waals surface area contributed by atoms with Gasteiger partial charge >= 0.3 is 0 Å². The van der Waals surface area contributed by atoms with Crippen LogP contribution in [-0.4, -0.2) is 11.2 Å². The minimum Gasteiger partial charge on any atom is -0.393 e. The lowest BCUT2D eigenvalue weighted by Crippen LogP contribution is -1.98. The van der Waals surface area contributed by atoms with Gasteiger partial charge in [-0.3, -0.25) is 0 Å². The Bertz CT molecular complexity index is 337. The van der Waals surface area contributed by atoms with E-state index in [9.17, 15) is 8.78 Å². The molecule has 0 radical (unpaired) electrons. The lowest BCUT2D eigenvalue weighted by atomic mass is 10.0. The van der Waals surface area contributed by atoms with Gasteiger partial charge in [-0.25, -0.2) is 8.78 Å². The molecule has 1 aromatic rings. The largest absolute Gasteiger partial charge is 0.393 e. The molecule has 1 aromatic carbocycles. The summed E-state index contributed by atoms with van der Waals surface area (Å²) in [6, 6.07) is 4.08. The van der Waals surface area contributed by atoms with Crippen molar-refractivity contribution < 1.29 is 13.9 Å². The fourth-order valence-electron chi connectivity index (χ4n) is 1.82. The Hall–Kier alpha value is -0.960. The molecule has 0 spiro atoms. The van der Waals surface area contributed by atoms with E-state index in [-0.39, 0.29) is 6.10 Å². The van der Waals surface area contributed by atoms with Gasteiger partial charge < -0.3 is 5.11 Å². The third-order valence-electron chi connectivity index (χ3n) is 2.82. The third-order valence-corrected chi connectivity index (χ3v) is 2.82. The number of unbranched alkanes of at least 4 members (excludes halogenated alkanes) is 3. The van der Waals surface area contributed by atoms with Crippen molar-refractivity contribution in [2.75, 3.05) is 0 Å². The molecule has 0 aliphatic carbocycles. The van der Waals surface area contributed by atoms with Crippen LogP contribution in [0.5, 0.6) is 0 Å². The molecule has 0 bridgehead atoms. The molecule has 96 valence electrons. The van der Waals surface area contributed by atoms with Gasteiger partial charge in [0, 0.05) is 0 Å². The molecular formula is C14H20F2O. The standard InChI is InChI=1S/C14H20F2O/c1-11(17)6-4-2-3-5-7-12-8-9-13(15)14(16)10-12/h8-11,17H,2-7H2,1H3. The SMILES string of the molecule is CC(O)CCCCCCc1ccc(F)c(F)c1. The van der Waals surface area contributed by atoms with Gasteiger partial charge in [-0.2, -0.15) is 0 Å². The van der Waals surface area contributed by atoms with Crippen LogP contribution in [-0.2, 0) is 6.42 Å². The van der Waals surface area contributed by atoms with Crippen LogP contribution >= 0.6 is 0 Å². The van der Waals surface area contributed by atoms with Crippen molar-refractivity contribution in [3.8, 4) is 0 Å². The van der Waals surface area contributed by atoms with Crippen LogP contribution in [0, 0.1) is 11.6 Å². The first kappa shape index (κ1) is 14.1. The van der Waals surface area contributed by atoms with Gasteiger partial charge in [0.05, 0.1) is 6.10 Å². The highest BCUT2D eigenvalue weighted by Gasteiger charge is 2.02. The van der Waals surface area contributed by atoms with E-state index < -0.39 is 11.6 Å². The lowest BCUT2D eigenvalue weighted by molar-refractivity contribution is 0.180. The van der Waals surface area contributed by atoms with E-state index >= 15 is 0 Å². The fourth-order valence-corrected chi connectivity index (χ4v) is 1.82. The topological polar surface area (TPSA) is 20.2 Å². The number of aliphatic hydroxyl groups is 1. The van der Waals surface area contributed by atoms with Crippen molar-refractivity contribution in [1.29, 1.82) is 0 Å². The summed E-state index contributed by atoms with van der Waals surface area (Å²) >= 11 is 0. The molecule has 0 fully saturated rings. The normalized spacial score (nSPS) is 12.7. The summed E-state index contributed by atoms with van der Waals surface area (Å²) in [4.78, 5) is 0. The van der Waals surface area contributed by atoms with E-state index in [1.165, 1.54) is 12.1 Å². The molecule has 0 saturated heterocycles. The van der Waals surface area contributed by atoms with Gasteiger partial charge in [-0.1, -0.05) is 25.3 Å². The van der Waals surface area contributed by atoms with E-state index in [4.69, 9.17) is 5.11 Å². The molecule has 3 heteroatoms. The first-order valence-electron chi connectivity index (χ1n) is 6.21. The highest BCUT2D eigenvalue weighted by molar-refractivity contribution is 5.17. The number of halogens is 2. The minimum absolute atomic E-state index is 0.221. The van der Waals surface area contributed by atoms with Gasteiger partial charge in [-0.05, 0) is 43.9 Å². The van der Waals surface area contributed by atoms with E-state index in [0.717, 1.165) is 44.1 Å². The van der Waals surface area contributed by atoms with E-state index in [0.29, 0.717) is 0 Å². The molecule has 1 rings (SSSR count). The zero-order valence-corrected chi connectivity index (χ0v) is 10.3. The number of benzene rings is 1. The number of hydrogen-bond donors (Lipinski definition) is 1. The van der Waals surface area contributed by atoms with Crippen LogP contribution in [0.1, 0.15) is 44.6 Å². The Labute approximate surface area is 101 Å². The van der Waals surface area contributed by atoms with E-state index in [1.807, 2.05) is 0 Å². The molecule has 17 heavy (non-hydrogen) atoms. The van der Waals surface area contributed by atoms with Crippen molar-refractivity contribution >= 4 is 0 Å². The number of rotatable bonds is 7. The zero-order valence-electron chi connectivity index (χ0n) is 10.3. The maximum atomic E-state index is 12.9. The minimum atomic E-state index is -0.786. The Morgan fingerprint density at radius 1 is 1.06 bits per heavy atom. The van der Waals surface area contributed by atoms with Crippen LogP contribution in [0.4, 0.5) is 8.78 Å². The molecular weight excluding hydrogens is 222 g/mol. The maximum absolute atomic E-state index is 12.9. The van der Waals surface area contributed by atoms with Gasteiger partial charge in [-0.15, -0.1) is 0 Å². The molecule has 0 saturated carbocycles. The molecule has 0 amide bonds. The number of aliphatic hydroxyl groups excluding tert-OH is 1. The van der Waals surface area contributed by atoms with Crippen LogP contribution in [0.15, 0.2) is 18.2 Å². The number of aryl methyl sites for hydroxylation is 1. The summed E-state index contributed by atoms with van der Waals surface area (Å²) in [5, 5.41) is 9.07. The second-order valence-electron chi connectivity index (χ2n) is 4.55. The van der Waals surface area contributed by atoms with Crippen molar-refractivity contribution in [1.82, 2.24) is 0 Å². The highest BCUT2D eigenvalue weighted by Crippen LogP contribution is 2.13. The second-order valence-corrected chi connectivity index (χ2v) is 4.55. The smallest absolute Gasteiger partial charge is 0.159 e. The van der Waals surface area contributed by atoms with Crippen LogP contribution in [0.25, 0.3) is 0 Å². The fraction of sp³-hybridized carbons (Fsp3) is 0.571. The van der Waals surface area contributed by atoms with E-state index in [1.54, 1.807) is 13.0 Å². The quantitative estimate of drug-likeness (QED) is 0.720. The Kier molecular flexibility index (Phi) is 6.12. The molecule has 0 heterocycles. The molecule has 1 nitrogen and oxygen atoms in total. The second kappa shape index (κ2) is 7.38. The Morgan fingerprint density at radius 2 is 1.76 bits per heavy atom. The monoisotopic (exact) mass is 242 g/mol. The lowest BCUT2D eigenvalue weighted by Gasteiger charge is -2.04. The molecule has 0 aliphatic rings. The van der Waals surface area contributed by atoms with Crippen LogP contribution in [0.3, 0.4) is 0 Å². The summed E-state index contributed by atoms with van der Waals surface area (Å²) in [7, 11) is 0. The van der Waals surface area contributed by atoms with Crippen LogP contribution in [0.2, 0.25) is 0 Å². The van der Waals surface area contributed by atoms with Gasteiger partial charge in [0.25, 0.3) is 0 Å². The van der Waals surface area contributed by atoms with Crippen LogP contribution < -0.4 is 0 Å². The molecule has 1 unspecified atom stereocenters. The van der Waals surface area contributed by atoms with Gasteiger partial charge in [0.15, 0.2) is 11.6 Å². The first-order valence-corrected chi connectivity index (χ1v) is 6.21.